The second kappa shape index (κ2) is 8.49. The van der Waals surface area contributed by atoms with Gasteiger partial charge in [0.05, 0.1) is 21.1 Å². The van der Waals surface area contributed by atoms with Crippen molar-refractivity contribution in [2.24, 2.45) is 0 Å². The van der Waals surface area contributed by atoms with Crippen molar-refractivity contribution in [2.45, 2.75) is 19.4 Å². The van der Waals surface area contributed by atoms with Gasteiger partial charge < -0.3 is 5.32 Å². The van der Waals surface area contributed by atoms with Crippen LogP contribution in [0.3, 0.4) is 0 Å². The van der Waals surface area contributed by atoms with Gasteiger partial charge in [0.25, 0.3) is 0 Å². The third kappa shape index (κ3) is 4.94. The van der Waals surface area contributed by atoms with Crippen LogP contribution >= 0.6 is 34.5 Å². The van der Waals surface area contributed by atoms with E-state index < -0.39 is 0 Å². The molecule has 0 aliphatic carbocycles. The van der Waals surface area contributed by atoms with E-state index in [0.29, 0.717) is 20.8 Å². The smallest absolute Gasteiger partial charge is 0.220 e. The molecule has 3 rings (SSSR count). The number of hydrogen-bond acceptors (Lipinski definition) is 4. The monoisotopic (exact) mass is 407 g/mol. The Balaban J connectivity index is 1.47. The molecule has 2 heterocycles. The SMILES string of the molecule is O=C(CCC(=O)c1ccc(Cl)s1)NCc1cnn(-c2ccc(Cl)cc2)c1. The van der Waals surface area contributed by atoms with Crippen LogP contribution in [-0.2, 0) is 11.3 Å². The topological polar surface area (TPSA) is 64.0 Å². The zero-order chi connectivity index (χ0) is 18.5. The highest BCUT2D eigenvalue weighted by molar-refractivity contribution is 7.18. The number of hydrogen-bond donors (Lipinski definition) is 1. The number of carbonyl (C=O) groups excluding carboxylic acids is 2. The van der Waals surface area contributed by atoms with Crippen molar-refractivity contribution < 1.29 is 9.59 Å². The van der Waals surface area contributed by atoms with Crippen LogP contribution in [0.2, 0.25) is 9.36 Å². The first kappa shape index (κ1) is 18.6. The van der Waals surface area contributed by atoms with E-state index in [0.717, 1.165) is 11.3 Å². The summed E-state index contributed by atoms with van der Waals surface area (Å²) in [6.07, 6.45) is 3.82. The fourth-order valence-electron chi connectivity index (χ4n) is 2.29. The highest BCUT2D eigenvalue weighted by Gasteiger charge is 2.11. The van der Waals surface area contributed by atoms with Gasteiger partial charge in [0.2, 0.25) is 5.91 Å². The molecule has 1 amide bonds. The third-order valence-corrected chi connectivity index (χ3v) is 5.17. The molecular formula is C18H15Cl2N3O2S. The molecule has 0 saturated heterocycles. The van der Waals surface area contributed by atoms with Crippen molar-refractivity contribution in [3.63, 3.8) is 0 Å². The highest BCUT2D eigenvalue weighted by atomic mass is 35.5. The van der Waals surface area contributed by atoms with Crippen LogP contribution in [0.1, 0.15) is 28.1 Å². The fourth-order valence-corrected chi connectivity index (χ4v) is 3.43. The second-order valence-corrected chi connectivity index (χ2v) is 7.72. The lowest BCUT2D eigenvalue weighted by atomic mass is 10.2. The Hall–Kier alpha value is -2.15. The molecule has 8 heteroatoms. The van der Waals surface area contributed by atoms with Gasteiger partial charge in [0, 0.05) is 36.2 Å². The summed E-state index contributed by atoms with van der Waals surface area (Å²) >= 11 is 12.9. The predicted octanol–water partition coefficient (Wildman–Crippen LogP) is 4.52. The molecule has 2 aromatic heterocycles. The van der Waals surface area contributed by atoms with Crippen molar-refractivity contribution in [3.8, 4) is 5.69 Å². The standard InChI is InChI=1S/C18H15Cl2N3O2S/c19-13-1-3-14(4-2-13)23-11-12(10-22-23)9-21-18(25)8-5-15(24)16-6-7-17(20)26-16/h1-4,6-7,10-11H,5,8-9H2,(H,21,25). The molecule has 0 saturated carbocycles. The van der Waals surface area contributed by atoms with Crippen molar-refractivity contribution in [3.05, 3.63) is 68.6 Å². The summed E-state index contributed by atoms with van der Waals surface area (Å²) in [7, 11) is 0. The van der Waals surface area contributed by atoms with E-state index in [1.807, 2.05) is 18.3 Å². The van der Waals surface area contributed by atoms with Gasteiger partial charge in [0.1, 0.15) is 0 Å². The van der Waals surface area contributed by atoms with E-state index in [9.17, 15) is 9.59 Å². The number of Topliss-reactive ketones (excluding diaryl/α,β-unsaturated/α-hetero) is 1. The maximum Gasteiger partial charge on any atom is 0.220 e. The Morgan fingerprint density at radius 3 is 2.54 bits per heavy atom. The minimum absolute atomic E-state index is 0.0763. The molecule has 0 aliphatic heterocycles. The number of nitrogens with zero attached hydrogens (tertiary/aromatic N) is 2. The lowest BCUT2D eigenvalue weighted by Crippen LogP contribution is -2.23. The number of carbonyl (C=O) groups is 2. The molecule has 1 aromatic carbocycles. The summed E-state index contributed by atoms with van der Waals surface area (Å²) in [6.45, 7) is 0.353. The van der Waals surface area contributed by atoms with E-state index in [4.69, 9.17) is 23.2 Å². The molecular weight excluding hydrogens is 393 g/mol. The number of nitrogens with one attached hydrogen (secondary N) is 1. The minimum Gasteiger partial charge on any atom is -0.352 e. The normalized spacial score (nSPS) is 10.7. The molecule has 0 unspecified atom stereocenters. The van der Waals surface area contributed by atoms with E-state index in [1.165, 1.54) is 11.3 Å². The third-order valence-electron chi connectivity index (χ3n) is 3.64. The van der Waals surface area contributed by atoms with Gasteiger partial charge in [-0.3, -0.25) is 9.59 Å². The first-order chi connectivity index (χ1) is 12.5. The fraction of sp³-hybridized carbons (Fsp3) is 0.167. The number of rotatable bonds is 7. The molecule has 134 valence electrons. The Labute approximate surface area is 164 Å². The zero-order valence-electron chi connectivity index (χ0n) is 13.6. The van der Waals surface area contributed by atoms with E-state index in [2.05, 4.69) is 10.4 Å². The van der Waals surface area contributed by atoms with Crippen LogP contribution in [0.25, 0.3) is 5.69 Å². The second-order valence-electron chi connectivity index (χ2n) is 5.57. The minimum atomic E-state index is -0.180. The summed E-state index contributed by atoms with van der Waals surface area (Å²) in [6, 6.07) is 10.7. The van der Waals surface area contributed by atoms with Gasteiger partial charge in [-0.1, -0.05) is 23.2 Å². The van der Waals surface area contributed by atoms with Crippen molar-refractivity contribution in [1.29, 1.82) is 0 Å². The number of ketones is 1. The van der Waals surface area contributed by atoms with E-state index in [1.54, 1.807) is 35.1 Å². The first-order valence-electron chi connectivity index (χ1n) is 7.86. The van der Waals surface area contributed by atoms with Crippen molar-refractivity contribution in [2.75, 3.05) is 0 Å². The summed E-state index contributed by atoms with van der Waals surface area (Å²) in [4.78, 5) is 24.5. The summed E-state index contributed by atoms with van der Waals surface area (Å²) in [5, 5.41) is 7.72. The lowest BCUT2D eigenvalue weighted by molar-refractivity contribution is -0.121. The number of amides is 1. The molecule has 0 radical (unpaired) electrons. The molecule has 5 nitrogen and oxygen atoms in total. The van der Waals surface area contributed by atoms with Crippen LogP contribution in [0.15, 0.2) is 48.8 Å². The molecule has 3 aromatic rings. The van der Waals surface area contributed by atoms with Crippen molar-refractivity contribution >= 4 is 46.2 Å². The number of aromatic nitrogens is 2. The van der Waals surface area contributed by atoms with Crippen LogP contribution < -0.4 is 5.32 Å². The van der Waals surface area contributed by atoms with Gasteiger partial charge >= 0.3 is 0 Å². The molecule has 0 atom stereocenters. The largest absolute Gasteiger partial charge is 0.352 e. The summed E-state index contributed by atoms with van der Waals surface area (Å²) in [5.41, 5.74) is 1.75. The highest BCUT2D eigenvalue weighted by Crippen LogP contribution is 2.22. The van der Waals surface area contributed by atoms with Gasteiger partial charge in [-0.15, -0.1) is 11.3 Å². The Kier molecular flexibility index (Phi) is 6.08. The van der Waals surface area contributed by atoms with Gasteiger partial charge in [0.15, 0.2) is 5.78 Å². The number of thiophene rings is 1. The first-order valence-corrected chi connectivity index (χ1v) is 9.43. The lowest BCUT2D eigenvalue weighted by Gasteiger charge is -2.03. The van der Waals surface area contributed by atoms with Crippen LogP contribution in [0, 0.1) is 0 Å². The molecule has 0 aliphatic rings. The average molecular weight is 408 g/mol. The maximum absolute atomic E-state index is 12.0. The summed E-state index contributed by atoms with van der Waals surface area (Å²) < 4.78 is 2.28. The van der Waals surface area contributed by atoms with Gasteiger partial charge in [-0.05, 0) is 36.4 Å². The molecule has 26 heavy (non-hydrogen) atoms. The zero-order valence-corrected chi connectivity index (χ0v) is 15.9. The van der Waals surface area contributed by atoms with Crippen LogP contribution in [0.4, 0.5) is 0 Å². The van der Waals surface area contributed by atoms with Gasteiger partial charge in [-0.2, -0.15) is 5.10 Å². The van der Waals surface area contributed by atoms with Gasteiger partial charge in [-0.25, -0.2) is 4.68 Å². The van der Waals surface area contributed by atoms with Crippen LogP contribution in [0.5, 0.6) is 0 Å². The molecule has 0 fully saturated rings. The Bertz CT molecular complexity index is 919. The maximum atomic E-state index is 12.0. The van der Waals surface area contributed by atoms with E-state index >= 15 is 0 Å². The van der Waals surface area contributed by atoms with Crippen LogP contribution in [-0.4, -0.2) is 21.5 Å². The Morgan fingerprint density at radius 1 is 1.08 bits per heavy atom. The Morgan fingerprint density at radius 2 is 1.85 bits per heavy atom. The quantitative estimate of drug-likeness (QED) is 0.585. The predicted molar refractivity (Wildman–Crippen MR) is 103 cm³/mol. The number of halogens is 2. The van der Waals surface area contributed by atoms with Crippen molar-refractivity contribution in [1.82, 2.24) is 15.1 Å². The molecule has 0 bridgehead atoms. The number of benzene rings is 1. The summed E-state index contributed by atoms with van der Waals surface area (Å²) in [5.74, 6) is -0.257. The van der Waals surface area contributed by atoms with E-state index in [-0.39, 0.29) is 24.5 Å². The average Bonchev–Trinajstić information content (AvgIpc) is 3.27. The molecule has 1 N–H and O–H groups in total. The molecule has 0 spiro atoms.